The smallest absolute Gasteiger partial charge is 0.251 e. The highest BCUT2D eigenvalue weighted by molar-refractivity contribution is 5.95. The van der Waals surface area contributed by atoms with Gasteiger partial charge in [-0.25, -0.2) is 0 Å². The first-order valence-electron chi connectivity index (χ1n) is 5.27. The monoisotopic (exact) mass is 230 g/mol. The summed E-state index contributed by atoms with van der Waals surface area (Å²) in [5.41, 5.74) is 2.38. The van der Waals surface area contributed by atoms with Crippen molar-refractivity contribution in [2.75, 3.05) is 12.4 Å². The molecule has 2 rings (SSSR count). The van der Waals surface area contributed by atoms with E-state index in [0.717, 1.165) is 11.4 Å². The van der Waals surface area contributed by atoms with Gasteiger partial charge in [0, 0.05) is 31.5 Å². The zero-order chi connectivity index (χ0) is 12.3. The number of anilines is 2. The number of carbonyl (C=O) groups is 1. The summed E-state index contributed by atoms with van der Waals surface area (Å²) in [5, 5.41) is 9.84. The Hall–Kier alpha value is -2.30. The normalized spacial score (nSPS) is 10.0. The summed E-state index contributed by atoms with van der Waals surface area (Å²) in [6, 6.07) is 7.31. The standard InChI is InChI=1S/C12H14N4O/c1-13-12(17)9-4-3-5-10(6-9)15-11-7-14-16(2)8-11/h3-8,15H,1-2H3,(H,13,17). The summed E-state index contributed by atoms with van der Waals surface area (Å²) in [6.07, 6.45) is 3.60. The number of amides is 1. The van der Waals surface area contributed by atoms with Crippen molar-refractivity contribution >= 4 is 17.3 Å². The Balaban J connectivity index is 2.19. The quantitative estimate of drug-likeness (QED) is 0.840. The summed E-state index contributed by atoms with van der Waals surface area (Å²) in [4.78, 5) is 11.5. The van der Waals surface area contributed by atoms with E-state index in [1.807, 2.05) is 25.4 Å². The number of hydrogen-bond donors (Lipinski definition) is 2. The average Bonchev–Trinajstić information content (AvgIpc) is 2.74. The Bertz CT molecular complexity index is 533. The maximum atomic E-state index is 11.5. The van der Waals surface area contributed by atoms with Crippen molar-refractivity contribution in [1.29, 1.82) is 0 Å². The van der Waals surface area contributed by atoms with Crippen LogP contribution in [0.5, 0.6) is 0 Å². The first kappa shape index (κ1) is 11.2. The van der Waals surface area contributed by atoms with E-state index in [9.17, 15) is 4.79 Å². The lowest BCUT2D eigenvalue weighted by Gasteiger charge is -2.05. The number of benzene rings is 1. The van der Waals surface area contributed by atoms with Gasteiger partial charge < -0.3 is 10.6 Å². The molecule has 0 saturated carbocycles. The fraction of sp³-hybridized carbons (Fsp3) is 0.167. The minimum absolute atomic E-state index is 0.0974. The van der Waals surface area contributed by atoms with Crippen LogP contribution in [0.15, 0.2) is 36.7 Å². The van der Waals surface area contributed by atoms with Gasteiger partial charge in [0.1, 0.15) is 0 Å². The van der Waals surface area contributed by atoms with Crippen molar-refractivity contribution < 1.29 is 4.79 Å². The second-order valence-corrected chi connectivity index (χ2v) is 3.69. The third-order valence-electron chi connectivity index (χ3n) is 2.35. The molecular formula is C12H14N4O. The van der Waals surface area contributed by atoms with Crippen LogP contribution in [0.25, 0.3) is 0 Å². The maximum Gasteiger partial charge on any atom is 0.251 e. The Morgan fingerprint density at radius 2 is 2.18 bits per heavy atom. The first-order valence-corrected chi connectivity index (χ1v) is 5.27. The highest BCUT2D eigenvalue weighted by Gasteiger charge is 2.04. The number of aromatic nitrogens is 2. The summed E-state index contributed by atoms with van der Waals surface area (Å²) in [5.74, 6) is -0.0974. The summed E-state index contributed by atoms with van der Waals surface area (Å²) < 4.78 is 1.71. The SMILES string of the molecule is CNC(=O)c1cccc(Nc2cnn(C)c2)c1. The number of carbonyl (C=O) groups excluding carboxylic acids is 1. The minimum atomic E-state index is -0.0974. The third kappa shape index (κ3) is 2.63. The molecule has 17 heavy (non-hydrogen) atoms. The molecule has 0 fully saturated rings. The van der Waals surface area contributed by atoms with E-state index in [1.54, 1.807) is 30.1 Å². The number of nitrogens with zero attached hydrogens (tertiary/aromatic N) is 2. The van der Waals surface area contributed by atoms with Gasteiger partial charge >= 0.3 is 0 Å². The van der Waals surface area contributed by atoms with Crippen molar-refractivity contribution in [2.24, 2.45) is 7.05 Å². The highest BCUT2D eigenvalue weighted by Crippen LogP contribution is 2.16. The second kappa shape index (κ2) is 4.69. The summed E-state index contributed by atoms with van der Waals surface area (Å²) >= 11 is 0. The average molecular weight is 230 g/mol. The van der Waals surface area contributed by atoms with Gasteiger partial charge in [-0.3, -0.25) is 9.48 Å². The molecule has 2 aromatic rings. The van der Waals surface area contributed by atoms with E-state index >= 15 is 0 Å². The van der Waals surface area contributed by atoms with Crippen LogP contribution in [0, 0.1) is 0 Å². The number of nitrogens with one attached hydrogen (secondary N) is 2. The zero-order valence-corrected chi connectivity index (χ0v) is 9.77. The molecule has 2 N–H and O–H groups in total. The molecule has 0 bridgehead atoms. The molecule has 0 aliphatic rings. The maximum absolute atomic E-state index is 11.5. The molecule has 0 unspecified atom stereocenters. The fourth-order valence-corrected chi connectivity index (χ4v) is 1.53. The van der Waals surface area contributed by atoms with E-state index in [2.05, 4.69) is 15.7 Å². The fourth-order valence-electron chi connectivity index (χ4n) is 1.53. The van der Waals surface area contributed by atoms with Crippen LogP contribution in [0.1, 0.15) is 10.4 Å². The Morgan fingerprint density at radius 1 is 1.35 bits per heavy atom. The van der Waals surface area contributed by atoms with Crippen LogP contribution in [0.4, 0.5) is 11.4 Å². The van der Waals surface area contributed by atoms with Crippen molar-refractivity contribution in [1.82, 2.24) is 15.1 Å². The number of rotatable bonds is 3. The Labute approximate surface area is 99.5 Å². The van der Waals surface area contributed by atoms with Crippen molar-refractivity contribution in [3.05, 3.63) is 42.2 Å². The molecule has 1 aromatic heterocycles. The first-order chi connectivity index (χ1) is 8.19. The van der Waals surface area contributed by atoms with Crippen molar-refractivity contribution in [3.8, 4) is 0 Å². The molecule has 1 amide bonds. The van der Waals surface area contributed by atoms with E-state index in [1.165, 1.54) is 0 Å². The molecule has 1 aromatic carbocycles. The Kier molecular flexibility index (Phi) is 3.09. The highest BCUT2D eigenvalue weighted by atomic mass is 16.1. The van der Waals surface area contributed by atoms with Crippen molar-refractivity contribution in [2.45, 2.75) is 0 Å². The van der Waals surface area contributed by atoms with Gasteiger partial charge in [0.15, 0.2) is 0 Å². The molecule has 88 valence electrons. The third-order valence-corrected chi connectivity index (χ3v) is 2.35. The molecule has 0 aliphatic carbocycles. The molecule has 0 saturated heterocycles. The van der Waals surface area contributed by atoms with Gasteiger partial charge in [-0.05, 0) is 18.2 Å². The van der Waals surface area contributed by atoms with Gasteiger partial charge in [0.25, 0.3) is 5.91 Å². The zero-order valence-electron chi connectivity index (χ0n) is 9.77. The van der Waals surface area contributed by atoms with Gasteiger partial charge in [-0.2, -0.15) is 5.10 Å². The largest absolute Gasteiger partial charge is 0.355 e. The van der Waals surface area contributed by atoms with Crippen LogP contribution >= 0.6 is 0 Å². The van der Waals surface area contributed by atoms with Gasteiger partial charge in [-0.1, -0.05) is 6.07 Å². The molecule has 1 heterocycles. The predicted octanol–water partition coefficient (Wildman–Crippen LogP) is 1.52. The molecule has 0 spiro atoms. The molecular weight excluding hydrogens is 216 g/mol. The predicted molar refractivity (Wildman–Crippen MR) is 66.3 cm³/mol. The Morgan fingerprint density at radius 3 is 2.82 bits per heavy atom. The molecule has 0 radical (unpaired) electrons. The van der Waals surface area contributed by atoms with E-state index in [-0.39, 0.29) is 5.91 Å². The van der Waals surface area contributed by atoms with E-state index in [0.29, 0.717) is 5.56 Å². The van der Waals surface area contributed by atoms with Crippen LogP contribution in [-0.4, -0.2) is 22.7 Å². The number of hydrogen-bond acceptors (Lipinski definition) is 3. The lowest BCUT2D eigenvalue weighted by molar-refractivity contribution is 0.0963. The summed E-state index contributed by atoms with van der Waals surface area (Å²) in [7, 11) is 3.47. The van der Waals surface area contributed by atoms with Gasteiger partial charge in [-0.15, -0.1) is 0 Å². The number of aryl methyl sites for hydroxylation is 1. The van der Waals surface area contributed by atoms with Crippen LogP contribution in [0.3, 0.4) is 0 Å². The second-order valence-electron chi connectivity index (χ2n) is 3.69. The lowest BCUT2D eigenvalue weighted by atomic mass is 10.2. The van der Waals surface area contributed by atoms with Gasteiger partial charge in [0.05, 0.1) is 11.9 Å². The summed E-state index contributed by atoms with van der Waals surface area (Å²) in [6.45, 7) is 0. The molecule has 0 aliphatic heterocycles. The van der Waals surface area contributed by atoms with E-state index < -0.39 is 0 Å². The molecule has 5 heteroatoms. The van der Waals surface area contributed by atoms with Crippen LogP contribution in [0.2, 0.25) is 0 Å². The van der Waals surface area contributed by atoms with Gasteiger partial charge in [0.2, 0.25) is 0 Å². The van der Waals surface area contributed by atoms with Crippen LogP contribution < -0.4 is 10.6 Å². The molecule has 0 atom stereocenters. The minimum Gasteiger partial charge on any atom is -0.355 e. The van der Waals surface area contributed by atoms with Crippen LogP contribution in [-0.2, 0) is 7.05 Å². The van der Waals surface area contributed by atoms with E-state index in [4.69, 9.17) is 0 Å². The molecule has 5 nitrogen and oxygen atoms in total. The van der Waals surface area contributed by atoms with Crippen molar-refractivity contribution in [3.63, 3.8) is 0 Å². The lowest BCUT2D eigenvalue weighted by Crippen LogP contribution is -2.17. The topological polar surface area (TPSA) is 59.0 Å².